The van der Waals surface area contributed by atoms with E-state index in [0.717, 1.165) is 0 Å². The second-order valence-corrected chi connectivity index (χ2v) is 8.18. The van der Waals surface area contributed by atoms with E-state index in [1.807, 2.05) is 18.2 Å². The van der Waals surface area contributed by atoms with Crippen LogP contribution in [0.4, 0.5) is 10.5 Å². The zero-order valence-corrected chi connectivity index (χ0v) is 19.2. The highest BCUT2D eigenvalue weighted by Gasteiger charge is 2.42. The number of carbonyl (C=O) groups is 3. The number of piperazine rings is 1. The Labute approximate surface area is 203 Å². The van der Waals surface area contributed by atoms with Crippen molar-refractivity contribution in [2.75, 3.05) is 38.1 Å². The highest BCUT2D eigenvalue weighted by atomic mass is 16.6. The first-order valence-electron chi connectivity index (χ1n) is 11.4. The molecule has 180 valence electrons. The molecule has 2 N–H and O–H groups in total. The maximum absolute atomic E-state index is 13.1. The van der Waals surface area contributed by atoms with Gasteiger partial charge in [-0.05, 0) is 23.3 Å². The molecular formula is C27H27N3O5. The van der Waals surface area contributed by atoms with Gasteiger partial charge in [-0.1, -0.05) is 78.9 Å². The number of hydrogen-bond acceptors (Lipinski definition) is 5. The molecule has 0 aromatic heterocycles. The number of amides is 3. The predicted molar refractivity (Wildman–Crippen MR) is 130 cm³/mol. The van der Waals surface area contributed by atoms with Crippen molar-refractivity contribution >= 4 is 23.6 Å². The summed E-state index contributed by atoms with van der Waals surface area (Å²) in [5.41, 5.74) is -0.646. The number of aliphatic hydroxyl groups is 1. The van der Waals surface area contributed by atoms with Gasteiger partial charge in [0.1, 0.15) is 0 Å². The Morgan fingerprint density at radius 3 is 1.71 bits per heavy atom. The van der Waals surface area contributed by atoms with E-state index in [4.69, 9.17) is 4.74 Å². The summed E-state index contributed by atoms with van der Waals surface area (Å²) < 4.78 is 5.31. The van der Waals surface area contributed by atoms with E-state index in [1.54, 1.807) is 82.6 Å². The van der Waals surface area contributed by atoms with Gasteiger partial charge in [0.15, 0.2) is 6.61 Å². The minimum absolute atomic E-state index is 0.231. The first kappa shape index (κ1) is 24.0. The first-order chi connectivity index (χ1) is 17.0. The zero-order valence-electron chi connectivity index (χ0n) is 19.2. The summed E-state index contributed by atoms with van der Waals surface area (Å²) in [6.07, 6.45) is 0. The Bertz CT molecular complexity index is 1110. The fourth-order valence-corrected chi connectivity index (χ4v) is 3.97. The molecule has 35 heavy (non-hydrogen) atoms. The molecule has 0 atom stereocenters. The quantitative estimate of drug-likeness (QED) is 0.537. The smallest absolute Gasteiger partial charge is 0.348 e. The molecule has 0 saturated carbocycles. The van der Waals surface area contributed by atoms with E-state index in [2.05, 4.69) is 5.32 Å². The molecule has 0 aliphatic carbocycles. The number of nitrogens with zero attached hydrogens (tertiary/aromatic N) is 2. The van der Waals surface area contributed by atoms with Crippen LogP contribution >= 0.6 is 0 Å². The van der Waals surface area contributed by atoms with Gasteiger partial charge in [-0.3, -0.25) is 4.79 Å². The number of ether oxygens (including phenoxy) is 1. The monoisotopic (exact) mass is 473 g/mol. The van der Waals surface area contributed by atoms with Crippen LogP contribution < -0.4 is 5.32 Å². The van der Waals surface area contributed by atoms with Crippen molar-refractivity contribution in [3.8, 4) is 0 Å². The van der Waals surface area contributed by atoms with E-state index in [9.17, 15) is 19.5 Å². The highest BCUT2D eigenvalue weighted by Crippen LogP contribution is 2.31. The molecule has 1 saturated heterocycles. The number of anilines is 1. The molecule has 3 aromatic carbocycles. The molecule has 8 heteroatoms. The highest BCUT2D eigenvalue weighted by molar-refractivity contribution is 5.90. The first-order valence-corrected chi connectivity index (χ1v) is 11.4. The predicted octanol–water partition coefficient (Wildman–Crippen LogP) is 2.84. The second-order valence-electron chi connectivity index (χ2n) is 8.18. The van der Waals surface area contributed by atoms with Crippen molar-refractivity contribution in [3.05, 3.63) is 102 Å². The van der Waals surface area contributed by atoms with Gasteiger partial charge in [0.2, 0.25) is 5.60 Å². The SMILES string of the molecule is O=C(COC(=O)C(O)(c1ccccc1)c1ccccc1)N1CCN(C(=O)Nc2ccccc2)CC1. The lowest BCUT2D eigenvalue weighted by molar-refractivity contribution is -0.166. The molecular weight excluding hydrogens is 446 g/mol. The summed E-state index contributed by atoms with van der Waals surface area (Å²) in [6.45, 7) is 0.851. The lowest BCUT2D eigenvalue weighted by Crippen LogP contribution is -2.52. The van der Waals surface area contributed by atoms with Crippen LogP contribution in [0.3, 0.4) is 0 Å². The fraction of sp³-hybridized carbons (Fsp3) is 0.222. The van der Waals surface area contributed by atoms with Crippen molar-refractivity contribution in [1.82, 2.24) is 9.80 Å². The molecule has 0 unspecified atom stereocenters. The third-order valence-electron chi connectivity index (χ3n) is 5.95. The van der Waals surface area contributed by atoms with Crippen LogP contribution in [0.25, 0.3) is 0 Å². The van der Waals surface area contributed by atoms with Gasteiger partial charge >= 0.3 is 12.0 Å². The number of benzene rings is 3. The van der Waals surface area contributed by atoms with E-state index in [0.29, 0.717) is 43.0 Å². The summed E-state index contributed by atoms with van der Waals surface area (Å²) in [7, 11) is 0. The minimum Gasteiger partial charge on any atom is -0.453 e. The Kier molecular flexibility index (Phi) is 7.42. The Balaban J connectivity index is 1.34. The maximum atomic E-state index is 13.1. The maximum Gasteiger partial charge on any atom is 0.348 e. The van der Waals surface area contributed by atoms with Crippen LogP contribution in [-0.4, -0.2) is 65.6 Å². The van der Waals surface area contributed by atoms with Crippen molar-refractivity contribution in [3.63, 3.8) is 0 Å². The second kappa shape index (κ2) is 10.8. The largest absolute Gasteiger partial charge is 0.453 e. The van der Waals surface area contributed by atoms with E-state index in [-0.39, 0.29) is 11.9 Å². The molecule has 0 bridgehead atoms. The molecule has 0 radical (unpaired) electrons. The number of urea groups is 1. The number of esters is 1. The van der Waals surface area contributed by atoms with Gasteiger partial charge in [-0.25, -0.2) is 9.59 Å². The lowest BCUT2D eigenvalue weighted by atomic mass is 9.86. The number of carbonyl (C=O) groups excluding carboxylic acids is 3. The third kappa shape index (κ3) is 5.50. The standard InChI is InChI=1S/C27H27N3O5/c31-24(29-16-18-30(19-17-29)26(33)28-23-14-8-3-9-15-23)20-35-25(32)27(34,21-10-4-1-5-11-21)22-12-6-2-7-13-22/h1-15,34H,16-20H2,(H,28,33). The zero-order chi connectivity index (χ0) is 24.7. The normalized spacial score (nSPS) is 13.7. The molecule has 3 aromatic rings. The molecule has 1 fully saturated rings. The van der Waals surface area contributed by atoms with Crippen LogP contribution in [0.15, 0.2) is 91.0 Å². The topological polar surface area (TPSA) is 99.2 Å². The number of rotatable bonds is 6. The Hall–Kier alpha value is -4.17. The Morgan fingerprint density at radius 2 is 1.20 bits per heavy atom. The molecule has 3 amide bonds. The van der Waals surface area contributed by atoms with Gasteiger partial charge in [0, 0.05) is 31.9 Å². The summed E-state index contributed by atoms with van der Waals surface area (Å²) in [5.74, 6) is -1.31. The van der Waals surface area contributed by atoms with Gasteiger partial charge < -0.3 is 25.0 Å². The molecule has 8 nitrogen and oxygen atoms in total. The lowest BCUT2D eigenvalue weighted by Gasteiger charge is -2.35. The van der Waals surface area contributed by atoms with Crippen molar-refractivity contribution in [2.24, 2.45) is 0 Å². The van der Waals surface area contributed by atoms with Gasteiger partial charge in [-0.15, -0.1) is 0 Å². The molecule has 4 rings (SSSR count). The summed E-state index contributed by atoms with van der Waals surface area (Å²) >= 11 is 0. The van der Waals surface area contributed by atoms with Crippen LogP contribution in [0.5, 0.6) is 0 Å². The van der Waals surface area contributed by atoms with E-state index < -0.39 is 18.2 Å². The van der Waals surface area contributed by atoms with Crippen LogP contribution in [0, 0.1) is 0 Å². The van der Waals surface area contributed by atoms with Crippen LogP contribution in [0.1, 0.15) is 11.1 Å². The van der Waals surface area contributed by atoms with Crippen molar-refractivity contribution in [2.45, 2.75) is 5.60 Å². The number of nitrogens with one attached hydrogen (secondary N) is 1. The molecule has 1 heterocycles. The van der Waals surface area contributed by atoms with E-state index >= 15 is 0 Å². The van der Waals surface area contributed by atoms with Gasteiger partial charge in [0.25, 0.3) is 5.91 Å². The fourth-order valence-electron chi connectivity index (χ4n) is 3.97. The average molecular weight is 474 g/mol. The summed E-state index contributed by atoms with van der Waals surface area (Å²) in [4.78, 5) is 41.4. The van der Waals surface area contributed by atoms with Gasteiger partial charge in [0.05, 0.1) is 0 Å². The molecule has 1 aliphatic heterocycles. The number of para-hydroxylation sites is 1. The average Bonchev–Trinajstić information content (AvgIpc) is 2.92. The molecule has 0 spiro atoms. The summed E-state index contributed by atoms with van der Waals surface area (Å²) in [5, 5.41) is 14.2. The van der Waals surface area contributed by atoms with Crippen LogP contribution in [0.2, 0.25) is 0 Å². The Morgan fingerprint density at radius 1 is 0.743 bits per heavy atom. The van der Waals surface area contributed by atoms with Crippen LogP contribution in [-0.2, 0) is 19.9 Å². The van der Waals surface area contributed by atoms with Crippen molar-refractivity contribution < 1.29 is 24.2 Å². The molecule has 1 aliphatic rings. The summed E-state index contributed by atoms with van der Waals surface area (Å²) in [6, 6.07) is 25.9. The third-order valence-corrected chi connectivity index (χ3v) is 5.95. The van der Waals surface area contributed by atoms with Crippen molar-refractivity contribution in [1.29, 1.82) is 0 Å². The minimum atomic E-state index is -2.04. The number of hydrogen-bond donors (Lipinski definition) is 2. The van der Waals surface area contributed by atoms with Gasteiger partial charge in [-0.2, -0.15) is 0 Å². The van der Waals surface area contributed by atoms with E-state index in [1.165, 1.54) is 0 Å².